The third kappa shape index (κ3) is 7.40. The van der Waals surface area contributed by atoms with Crippen molar-refractivity contribution in [2.45, 2.75) is 40.7 Å². The van der Waals surface area contributed by atoms with Gasteiger partial charge in [-0.2, -0.15) is 0 Å². The first-order valence-electron chi connectivity index (χ1n) is 11.7. The maximum Gasteiger partial charge on any atom is 0.174 e. The minimum absolute atomic E-state index is 0. The molecular weight excluding hydrogens is 505 g/mol. The van der Waals surface area contributed by atoms with E-state index >= 15 is 0 Å². The maximum atomic E-state index is 6.25. The molecule has 0 aliphatic rings. The number of benzene rings is 2. The van der Waals surface area contributed by atoms with E-state index in [1.807, 2.05) is 30.3 Å². The van der Waals surface area contributed by atoms with E-state index in [-0.39, 0.29) is 24.8 Å². The Bertz CT molecular complexity index is 1220. The number of furan rings is 1. The number of halogens is 3. The molecule has 1 N–H and O–H groups in total. The highest BCUT2D eigenvalue weighted by atomic mass is 35.5. The van der Waals surface area contributed by atoms with Crippen LogP contribution in [-0.4, -0.2) is 34.6 Å². The van der Waals surface area contributed by atoms with Gasteiger partial charge in [0.15, 0.2) is 11.6 Å². The van der Waals surface area contributed by atoms with Gasteiger partial charge in [-0.25, -0.2) is 4.98 Å². The minimum Gasteiger partial charge on any atom is -0.493 e. The Morgan fingerprint density at radius 3 is 2.51 bits per heavy atom. The van der Waals surface area contributed by atoms with Crippen molar-refractivity contribution in [2.75, 3.05) is 19.7 Å². The number of hydrogen-bond donors (Lipinski definition) is 1. The molecule has 0 radical (unpaired) electrons. The molecule has 5 nitrogen and oxygen atoms in total. The highest BCUT2D eigenvalue weighted by molar-refractivity contribution is 6.30. The van der Waals surface area contributed by atoms with Crippen LogP contribution in [0.1, 0.15) is 44.6 Å². The van der Waals surface area contributed by atoms with Crippen LogP contribution < -0.4 is 4.74 Å². The fraction of sp³-hybridized carbons (Fsp3) is 0.370. The topological polar surface area (TPSA) is 54.3 Å². The molecule has 190 valence electrons. The van der Waals surface area contributed by atoms with Gasteiger partial charge in [-0.15, -0.1) is 24.8 Å². The van der Waals surface area contributed by atoms with E-state index in [9.17, 15) is 0 Å². The molecule has 0 saturated carbocycles. The van der Waals surface area contributed by atoms with Crippen molar-refractivity contribution in [1.29, 1.82) is 0 Å². The summed E-state index contributed by atoms with van der Waals surface area (Å²) in [6.45, 7) is 12.3. The number of hydrogen-bond acceptors (Lipinski definition) is 4. The summed E-state index contributed by atoms with van der Waals surface area (Å²) in [5.74, 6) is 3.58. The van der Waals surface area contributed by atoms with Crippen molar-refractivity contribution in [3.8, 4) is 17.3 Å². The number of imidazole rings is 1. The average molecular weight is 539 g/mol. The molecule has 0 amide bonds. The lowest BCUT2D eigenvalue weighted by molar-refractivity contribution is 0.268. The Balaban J connectivity index is 0.00000216. The largest absolute Gasteiger partial charge is 0.493 e. The first-order chi connectivity index (χ1) is 15.9. The van der Waals surface area contributed by atoms with Crippen LogP contribution in [0.25, 0.3) is 22.6 Å². The SMILES string of the molecule is CCN(CC)Cc1ccc2[nH]c(-c3ccc(Cc4cc(Cl)ccc4OCC(C)C)o3)nc2c1.Cl.Cl. The fourth-order valence-corrected chi connectivity index (χ4v) is 4.04. The molecule has 0 aliphatic carbocycles. The third-order valence-corrected chi connectivity index (χ3v) is 5.94. The smallest absolute Gasteiger partial charge is 0.174 e. The van der Waals surface area contributed by atoms with Crippen LogP contribution in [0.15, 0.2) is 52.9 Å². The molecule has 2 aromatic carbocycles. The molecule has 0 unspecified atom stereocenters. The summed E-state index contributed by atoms with van der Waals surface area (Å²) in [6, 6.07) is 16.1. The first-order valence-corrected chi connectivity index (χ1v) is 12.0. The van der Waals surface area contributed by atoms with Gasteiger partial charge in [-0.1, -0.05) is 45.4 Å². The second kappa shape index (κ2) is 13.2. The standard InChI is InChI=1S/C27H32ClN3O2.2ClH/c1-5-31(6-2)16-19-7-10-23-24(13-19)30-27(29-23)26-12-9-22(33-26)15-20-14-21(28)8-11-25(20)32-17-18(3)4;;/h7-14,18H,5-6,15-17H2,1-4H3,(H,29,30);2*1H. The molecular formula is C27H34Cl3N3O2. The molecule has 0 spiro atoms. The lowest BCUT2D eigenvalue weighted by atomic mass is 10.1. The van der Waals surface area contributed by atoms with Gasteiger partial charge in [0.05, 0.1) is 17.6 Å². The molecule has 4 aromatic rings. The van der Waals surface area contributed by atoms with Crippen molar-refractivity contribution < 1.29 is 9.15 Å². The minimum atomic E-state index is 0. The highest BCUT2D eigenvalue weighted by Crippen LogP contribution is 2.29. The van der Waals surface area contributed by atoms with Crippen LogP contribution in [0.3, 0.4) is 0 Å². The zero-order valence-electron chi connectivity index (χ0n) is 20.6. The summed E-state index contributed by atoms with van der Waals surface area (Å²) in [7, 11) is 0. The van der Waals surface area contributed by atoms with Crippen molar-refractivity contribution in [2.24, 2.45) is 5.92 Å². The fourth-order valence-electron chi connectivity index (χ4n) is 3.84. The lowest BCUT2D eigenvalue weighted by Gasteiger charge is -2.17. The molecule has 8 heteroatoms. The van der Waals surface area contributed by atoms with Crippen molar-refractivity contribution in [3.05, 3.63) is 70.4 Å². The Kier molecular flexibility index (Phi) is 11.0. The molecule has 4 rings (SSSR count). The number of H-pyrrole nitrogens is 1. The molecule has 2 heterocycles. The summed E-state index contributed by atoms with van der Waals surface area (Å²) in [5.41, 5.74) is 4.23. The molecule has 0 fully saturated rings. The van der Waals surface area contributed by atoms with E-state index in [0.717, 1.165) is 59.3 Å². The second-order valence-electron chi connectivity index (χ2n) is 8.80. The summed E-state index contributed by atoms with van der Waals surface area (Å²) >= 11 is 6.25. The van der Waals surface area contributed by atoms with E-state index in [2.05, 4.69) is 55.8 Å². The average Bonchev–Trinajstić information content (AvgIpc) is 3.43. The highest BCUT2D eigenvalue weighted by Gasteiger charge is 2.14. The Morgan fingerprint density at radius 2 is 1.80 bits per heavy atom. The van der Waals surface area contributed by atoms with Crippen molar-refractivity contribution in [1.82, 2.24) is 14.9 Å². The first kappa shape index (κ1) is 29.1. The van der Waals surface area contributed by atoms with Gasteiger partial charge in [0.1, 0.15) is 11.5 Å². The number of ether oxygens (including phenoxy) is 1. The van der Waals surface area contributed by atoms with E-state index in [1.165, 1.54) is 5.56 Å². The third-order valence-electron chi connectivity index (χ3n) is 5.70. The molecule has 0 aliphatic heterocycles. The predicted molar refractivity (Wildman–Crippen MR) is 150 cm³/mol. The van der Waals surface area contributed by atoms with E-state index < -0.39 is 0 Å². The van der Waals surface area contributed by atoms with Crippen LogP contribution in [-0.2, 0) is 13.0 Å². The maximum absolute atomic E-state index is 6.25. The zero-order valence-corrected chi connectivity index (χ0v) is 23.0. The molecule has 35 heavy (non-hydrogen) atoms. The van der Waals surface area contributed by atoms with Gasteiger partial charge in [-0.3, -0.25) is 4.90 Å². The predicted octanol–water partition coefficient (Wildman–Crippen LogP) is 7.79. The number of rotatable bonds is 10. The number of aromatic amines is 1. The zero-order chi connectivity index (χ0) is 23.4. The Hall–Kier alpha value is -2.18. The normalized spacial score (nSPS) is 11.1. The number of fused-ring (bicyclic) bond motifs is 1. The molecule has 0 saturated heterocycles. The van der Waals surface area contributed by atoms with Crippen LogP contribution in [0.5, 0.6) is 5.75 Å². The Morgan fingerprint density at radius 1 is 1.03 bits per heavy atom. The molecule has 0 bridgehead atoms. The summed E-state index contributed by atoms with van der Waals surface area (Å²) in [5, 5.41) is 0.687. The van der Waals surface area contributed by atoms with Crippen LogP contribution in [0.2, 0.25) is 5.02 Å². The van der Waals surface area contributed by atoms with Crippen LogP contribution in [0.4, 0.5) is 0 Å². The lowest BCUT2D eigenvalue weighted by Crippen LogP contribution is -2.21. The van der Waals surface area contributed by atoms with Crippen molar-refractivity contribution >= 4 is 47.4 Å². The quantitative estimate of drug-likeness (QED) is 0.224. The van der Waals surface area contributed by atoms with Crippen LogP contribution in [0, 0.1) is 5.92 Å². The van der Waals surface area contributed by atoms with E-state index in [1.54, 1.807) is 0 Å². The Labute approximate surface area is 225 Å². The monoisotopic (exact) mass is 537 g/mol. The van der Waals surface area contributed by atoms with Gasteiger partial charge < -0.3 is 14.1 Å². The van der Waals surface area contributed by atoms with Gasteiger partial charge in [0.2, 0.25) is 0 Å². The number of aromatic nitrogens is 2. The van der Waals surface area contributed by atoms with Crippen molar-refractivity contribution in [3.63, 3.8) is 0 Å². The second-order valence-corrected chi connectivity index (χ2v) is 9.23. The van der Waals surface area contributed by atoms with Gasteiger partial charge in [0.25, 0.3) is 0 Å². The van der Waals surface area contributed by atoms with E-state index in [4.69, 9.17) is 25.7 Å². The van der Waals surface area contributed by atoms with Gasteiger partial charge >= 0.3 is 0 Å². The number of nitrogens with one attached hydrogen (secondary N) is 1. The summed E-state index contributed by atoms with van der Waals surface area (Å²) in [4.78, 5) is 10.6. The summed E-state index contributed by atoms with van der Waals surface area (Å²) < 4.78 is 12.1. The van der Waals surface area contributed by atoms with Crippen LogP contribution >= 0.6 is 36.4 Å². The van der Waals surface area contributed by atoms with Gasteiger partial charge in [-0.05, 0) is 67.0 Å². The van der Waals surface area contributed by atoms with E-state index in [0.29, 0.717) is 24.0 Å². The van der Waals surface area contributed by atoms with Gasteiger partial charge in [0, 0.05) is 23.6 Å². The molecule has 0 atom stereocenters. The number of nitrogens with zero attached hydrogens (tertiary/aromatic N) is 2. The summed E-state index contributed by atoms with van der Waals surface area (Å²) in [6.07, 6.45) is 0.599. The molecule has 2 aromatic heterocycles.